The van der Waals surface area contributed by atoms with Crippen LogP contribution >= 0.6 is 11.6 Å². The third-order valence-corrected chi connectivity index (χ3v) is 5.38. The molecule has 1 saturated heterocycles. The normalized spacial score (nSPS) is 21.1. The first-order valence-corrected chi connectivity index (χ1v) is 9.97. The minimum absolute atomic E-state index is 0.00314. The van der Waals surface area contributed by atoms with Crippen LogP contribution in [0, 0.1) is 5.41 Å². The molecule has 1 unspecified atom stereocenters. The Morgan fingerprint density at radius 3 is 2.83 bits per heavy atom. The molecule has 0 bridgehead atoms. The highest BCUT2D eigenvalue weighted by molar-refractivity contribution is 6.30. The molecule has 2 aromatic rings. The molecule has 1 aromatic heterocycles. The van der Waals surface area contributed by atoms with E-state index in [1.54, 1.807) is 18.2 Å². The molecule has 30 heavy (non-hydrogen) atoms. The Balaban J connectivity index is 1.83. The Morgan fingerprint density at radius 1 is 1.47 bits per heavy atom. The van der Waals surface area contributed by atoms with Crippen molar-refractivity contribution in [1.82, 2.24) is 25.1 Å². The molecule has 3 atom stereocenters. The van der Waals surface area contributed by atoms with E-state index in [-0.39, 0.29) is 25.4 Å². The molecule has 162 valence electrons. The minimum atomic E-state index is -1.24. The molecule has 11 heteroatoms. The number of aromatic nitrogens is 4. The quantitative estimate of drug-likeness (QED) is 0.451. The number of carbonyl (C=O) groups excluding carboxylic acids is 1. The number of nitrogens with two attached hydrogens (primary N) is 1. The fraction of sp³-hybridized carbons (Fsp3) is 0.526. The van der Waals surface area contributed by atoms with Crippen LogP contribution in [0.3, 0.4) is 0 Å². The average molecular weight is 439 g/mol. The molecule has 1 aliphatic heterocycles. The zero-order chi connectivity index (χ0) is 22.1. The van der Waals surface area contributed by atoms with Gasteiger partial charge in [-0.3, -0.25) is 4.79 Å². The van der Waals surface area contributed by atoms with Gasteiger partial charge in [0, 0.05) is 17.0 Å². The van der Waals surface area contributed by atoms with Crippen LogP contribution in [0.25, 0.3) is 5.69 Å². The smallest absolute Gasteiger partial charge is 0.356 e. The SMILES string of the molecule is CC(C)(C)[C@@H](N)C(=O)N1C[C@H](F)CC1C(O)=[NH+]Cc1cc(Cl)ccc1-n1cnnn1. The van der Waals surface area contributed by atoms with Crippen LogP contribution in [0.1, 0.15) is 32.8 Å². The van der Waals surface area contributed by atoms with E-state index in [4.69, 9.17) is 17.3 Å². The summed E-state index contributed by atoms with van der Waals surface area (Å²) in [6, 6.07) is 3.54. The molecule has 1 aliphatic rings. The van der Waals surface area contributed by atoms with Gasteiger partial charge in [0.25, 0.3) is 0 Å². The molecule has 2 heterocycles. The van der Waals surface area contributed by atoms with Crippen LogP contribution in [0.15, 0.2) is 24.5 Å². The third-order valence-electron chi connectivity index (χ3n) is 5.15. The summed E-state index contributed by atoms with van der Waals surface area (Å²) in [4.78, 5) is 17.0. The van der Waals surface area contributed by atoms with Gasteiger partial charge in [-0.1, -0.05) is 32.4 Å². The lowest BCUT2D eigenvalue weighted by Crippen LogP contribution is -2.75. The maximum atomic E-state index is 14.1. The maximum Gasteiger partial charge on any atom is 0.356 e. The van der Waals surface area contributed by atoms with Crippen molar-refractivity contribution in [2.75, 3.05) is 6.54 Å². The van der Waals surface area contributed by atoms with Gasteiger partial charge in [0.2, 0.25) is 5.91 Å². The Kier molecular flexibility index (Phi) is 6.37. The summed E-state index contributed by atoms with van der Waals surface area (Å²) in [6.45, 7) is 5.59. The number of hydrogen-bond acceptors (Lipinski definition) is 5. The highest BCUT2D eigenvalue weighted by Crippen LogP contribution is 2.25. The molecular weight excluding hydrogens is 413 g/mol. The topological polar surface area (TPSA) is 124 Å². The largest absolute Gasteiger partial charge is 0.462 e. The van der Waals surface area contributed by atoms with E-state index in [0.29, 0.717) is 16.3 Å². The van der Waals surface area contributed by atoms with E-state index in [1.807, 2.05) is 20.8 Å². The molecular formula is C19H26ClFN7O2+. The lowest BCUT2D eigenvalue weighted by molar-refractivity contribution is -0.486. The number of aliphatic hydroxyl groups is 1. The van der Waals surface area contributed by atoms with E-state index in [1.165, 1.54) is 15.9 Å². The molecule has 0 aliphatic carbocycles. The second-order valence-corrected chi connectivity index (χ2v) is 8.89. The molecule has 1 fully saturated rings. The number of carbonyl (C=O) groups is 1. The number of likely N-dealkylation sites (tertiary alicyclic amines) is 1. The second kappa shape index (κ2) is 8.65. The number of aliphatic hydroxyl groups excluding tert-OH is 1. The van der Waals surface area contributed by atoms with Gasteiger partial charge in [0.1, 0.15) is 12.5 Å². The number of benzene rings is 1. The Bertz CT molecular complexity index is 929. The lowest BCUT2D eigenvalue weighted by Gasteiger charge is -2.31. The van der Waals surface area contributed by atoms with E-state index in [0.717, 1.165) is 0 Å². The predicted octanol–water partition coefficient (Wildman–Crippen LogP) is 0.165. The summed E-state index contributed by atoms with van der Waals surface area (Å²) in [6.07, 6.45) is 0.199. The van der Waals surface area contributed by atoms with E-state index in [2.05, 4.69) is 20.5 Å². The number of nitrogens with zero attached hydrogens (tertiary/aromatic N) is 5. The van der Waals surface area contributed by atoms with Gasteiger partial charge >= 0.3 is 5.90 Å². The van der Waals surface area contributed by atoms with Crippen LogP contribution in [0.2, 0.25) is 5.02 Å². The first-order chi connectivity index (χ1) is 14.1. The second-order valence-electron chi connectivity index (χ2n) is 8.45. The number of tetrazole rings is 1. The number of hydrogen-bond donors (Lipinski definition) is 3. The summed E-state index contributed by atoms with van der Waals surface area (Å²) in [5, 5.41) is 22.3. The molecule has 1 amide bonds. The summed E-state index contributed by atoms with van der Waals surface area (Å²) >= 11 is 6.11. The molecule has 9 nitrogen and oxygen atoms in total. The van der Waals surface area contributed by atoms with Crippen LogP contribution in [0.4, 0.5) is 4.39 Å². The van der Waals surface area contributed by atoms with Crippen LogP contribution in [-0.2, 0) is 11.3 Å². The minimum Gasteiger partial charge on any atom is -0.462 e. The first kappa shape index (κ1) is 22.1. The van der Waals surface area contributed by atoms with Gasteiger partial charge in [-0.25, -0.2) is 14.1 Å². The van der Waals surface area contributed by atoms with Crippen molar-refractivity contribution in [2.45, 2.75) is 52.0 Å². The van der Waals surface area contributed by atoms with Gasteiger partial charge in [0.15, 0.2) is 12.6 Å². The average Bonchev–Trinajstić information content (AvgIpc) is 3.34. The van der Waals surface area contributed by atoms with Crippen molar-refractivity contribution < 1.29 is 19.3 Å². The summed E-state index contributed by atoms with van der Waals surface area (Å²) in [5.74, 6) is -0.592. The fourth-order valence-corrected chi connectivity index (χ4v) is 3.53. The van der Waals surface area contributed by atoms with E-state index >= 15 is 0 Å². The van der Waals surface area contributed by atoms with Gasteiger partial charge in [-0.05, 0) is 34.0 Å². The molecule has 0 spiro atoms. The van der Waals surface area contributed by atoms with Gasteiger partial charge in [0.05, 0.1) is 18.3 Å². The Morgan fingerprint density at radius 2 is 2.20 bits per heavy atom. The first-order valence-electron chi connectivity index (χ1n) is 9.59. The summed E-state index contributed by atoms with van der Waals surface area (Å²) < 4.78 is 15.6. The van der Waals surface area contributed by atoms with Crippen molar-refractivity contribution in [2.24, 2.45) is 11.1 Å². The van der Waals surface area contributed by atoms with Gasteiger partial charge < -0.3 is 15.7 Å². The van der Waals surface area contributed by atoms with Crippen molar-refractivity contribution in [3.8, 4) is 5.69 Å². The van der Waals surface area contributed by atoms with Crippen LogP contribution < -0.4 is 10.7 Å². The fourth-order valence-electron chi connectivity index (χ4n) is 3.33. The highest BCUT2D eigenvalue weighted by atomic mass is 35.5. The zero-order valence-corrected chi connectivity index (χ0v) is 17.8. The number of halogens is 2. The number of rotatable bonds is 5. The molecule has 4 N–H and O–H groups in total. The van der Waals surface area contributed by atoms with Crippen molar-refractivity contribution in [3.05, 3.63) is 35.1 Å². The summed E-state index contributed by atoms with van der Waals surface area (Å²) in [5.41, 5.74) is 6.97. The number of alkyl halides is 1. The van der Waals surface area contributed by atoms with E-state index in [9.17, 15) is 14.3 Å². The number of amides is 1. The van der Waals surface area contributed by atoms with Gasteiger partial charge in [-0.2, -0.15) is 0 Å². The maximum absolute atomic E-state index is 14.1. The third kappa shape index (κ3) is 4.76. The Hall–Kier alpha value is -2.59. The Labute approximate surface area is 178 Å². The standard InChI is InChI=1S/C19H25ClFN7O2/c1-19(2,3)16(22)18(30)27-9-13(21)7-15(27)17(29)23-8-11-6-12(20)4-5-14(11)28-10-24-25-26-28/h4-6,10,13,15-16H,7-9,22H2,1-3H3,(H,23,29)/p+1/t13-,15?,16+/m1/s1. The summed E-state index contributed by atoms with van der Waals surface area (Å²) in [7, 11) is 0. The van der Waals surface area contributed by atoms with Crippen molar-refractivity contribution >= 4 is 23.4 Å². The van der Waals surface area contributed by atoms with E-state index < -0.39 is 29.6 Å². The van der Waals surface area contributed by atoms with Crippen molar-refractivity contribution in [1.29, 1.82) is 0 Å². The van der Waals surface area contributed by atoms with Crippen LogP contribution in [0.5, 0.6) is 0 Å². The number of nitrogens with one attached hydrogen (secondary N) is 1. The highest BCUT2D eigenvalue weighted by Gasteiger charge is 2.44. The monoisotopic (exact) mass is 438 g/mol. The zero-order valence-electron chi connectivity index (χ0n) is 17.1. The van der Waals surface area contributed by atoms with Crippen LogP contribution in [-0.4, -0.2) is 66.8 Å². The van der Waals surface area contributed by atoms with Gasteiger partial charge in [-0.15, -0.1) is 5.10 Å². The lowest BCUT2D eigenvalue weighted by atomic mass is 9.86. The molecule has 0 saturated carbocycles. The molecule has 1 aromatic carbocycles. The predicted molar refractivity (Wildman–Crippen MR) is 109 cm³/mol. The molecule has 0 radical (unpaired) electrons. The molecule has 3 rings (SSSR count). The van der Waals surface area contributed by atoms with Crippen molar-refractivity contribution in [3.63, 3.8) is 0 Å².